The van der Waals surface area contributed by atoms with Gasteiger partial charge in [-0.2, -0.15) is 5.10 Å². The minimum Gasteiger partial charge on any atom is -0.467 e. The minimum atomic E-state index is -1.41. The minimum absolute atomic E-state index is 0.154. The second-order valence-corrected chi connectivity index (χ2v) is 3.34. The molecule has 0 aromatic carbocycles. The predicted molar refractivity (Wildman–Crippen MR) is 55.8 cm³/mol. The van der Waals surface area contributed by atoms with Crippen LogP contribution in [0.1, 0.15) is 12.8 Å². The number of ether oxygens (including phenoxy) is 1. The van der Waals surface area contributed by atoms with Gasteiger partial charge in [0.25, 0.3) is 5.91 Å². The quantitative estimate of drug-likeness (QED) is 0.489. The Morgan fingerprint density at radius 3 is 2.82 bits per heavy atom. The number of carbonyl (C=O) groups excluding carboxylic acids is 3. The monoisotopic (exact) mass is 243 g/mol. The van der Waals surface area contributed by atoms with Crippen molar-refractivity contribution in [2.45, 2.75) is 18.9 Å². The molecule has 0 aliphatic carbocycles. The highest BCUT2D eigenvalue weighted by Crippen LogP contribution is 1.99. The molecule has 8 heteroatoms. The largest absolute Gasteiger partial charge is 0.467 e. The SMILES string of the molecule is COC(=O)C(O)CNC(=O)C1=NNC(=O)CC1. The van der Waals surface area contributed by atoms with Crippen LogP contribution in [0.4, 0.5) is 0 Å². The first kappa shape index (κ1) is 13.1. The molecule has 1 heterocycles. The van der Waals surface area contributed by atoms with Gasteiger partial charge in [0.05, 0.1) is 13.7 Å². The van der Waals surface area contributed by atoms with Gasteiger partial charge in [0.15, 0.2) is 6.10 Å². The lowest BCUT2D eigenvalue weighted by Crippen LogP contribution is -2.42. The molecule has 3 N–H and O–H groups in total. The number of rotatable bonds is 4. The first-order valence-corrected chi connectivity index (χ1v) is 4.94. The lowest BCUT2D eigenvalue weighted by molar-refractivity contribution is -0.150. The van der Waals surface area contributed by atoms with E-state index in [1.165, 1.54) is 0 Å². The molecule has 1 rings (SSSR count). The number of hydrogen-bond donors (Lipinski definition) is 3. The first-order valence-electron chi connectivity index (χ1n) is 4.94. The van der Waals surface area contributed by atoms with E-state index < -0.39 is 18.0 Å². The molecule has 1 atom stereocenters. The van der Waals surface area contributed by atoms with Gasteiger partial charge in [-0.15, -0.1) is 0 Å². The Bertz CT molecular complexity index is 366. The number of hydrogen-bond acceptors (Lipinski definition) is 6. The Morgan fingerprint density at radius 2 is 2.29 bits per heavy atom. The van der Waals surface area contributed by atoms with Crippen LogP contribution in [0.15, 0.2) is 5.10 Å². The molecule has 1 aliphatic heterocycles. The number of hydrazone groups is 1. The summed E-state index contributed by atoms with van der Waals surface area (Å²) in [5.41, 5.74) is 2.32. The van der Waals surface area contributed by atoms with Gasteiger partial charge in [-0.25, -0.2) is 10.2 Å². The third-order valence-corrected chi connectivity index (χ3v) is 2.10. The predicted octanol–water partition coefficient (Wildman–Crippen LogP) is -2.10. The molecule has 94 valence electrons. The summed E-state index contributed by atoms with van der Waals surface area (Å²) < 4.78 is 4.28. The lowest BCUT2D eigenvalue weighted by Gasteiger charge is -2.13. The third-order valence-electron chi connectivity index (χ3n) is 2.10. The zero-order valence-electron chi connectivity index (χ0n) is 9.23. The summed E-state index contributed by atoms with van der Waals surface area (Å²) >= 11 is 0. The summed E-state index contributed by atoms with van der Waals surface area (Å²) in [6.07, 6.45) is -1.000. The molecule has 0 bridgehead atoms. The van der Waals surface area contributed by atoms with E-state index in [0.29, 0.717) is 0 Å². The molecule has 17 heavy (non-hydrogen) atoms. The zero-order valence-corrected chi connectivity index (χ0v) is 9.23. The molecule has 0 aromatic heterocycles. The number of nitrogens with one attached hydrogen (secondary N) is 2. The van der Waals surface area contributed by atoms with Crippen LogP contribution in [-0.4, -0.2) is 48.4 Å². The molecule has 0 saturated carbocycles. The van der Waals surface area contributed by atoms with E-state index in [9.17, 15) is 19.5 Å². The van der Waals surface area contributed by atoms with E-state index in [-0.39, 0.29) is 31.0 Å². The Hall–Kier alpha value is -1.96. The van der Waals surface area contributed by atoms with Crippen molar-refractivity contribution in [2.24, 2.45) is 5.10 Å². The molecular formula is C9H13N3O5. The zero-order chi connectivity index (χ0) is 12.8. The van der Waals surface area contributed by atoms with Crippen molar-refractivity contribution in [3.63, 3.8) is 0 Å². The molecule has 1 aliphatic rings. The van der Waals surface area contributed by atoms with Gasteiger partial charge in [-0.1, -0.05) is 0 Å². The number of aliphatic hydroxyl groups excluding tert-OH is 1. The van der Waals surface area contributed by atoms with Crippen LogP contribution in [0.5, 0.6) is 0 Å². The fraction of sp³-hybridized carbons (Fsp3) is 0.556. The average Bonchev–Trinajstić information content (AvgIpc) is 2.35. The Morgan fingerprint density at radius 1 is 1.59 bits per heavy atom. The lowest BCUT2D eigenvalue weighted by atomic mass is 10.1. The summed E-state index contributed by atoms with van der Waals surface area (Å²) in [7, 11) is 1.13. The van der Waals surface area contributed by atoms with E-state index >= 15 is 0 Å². The summed E-state index contributed by atoms with van der Waals surface area (Å²) in [6, 6.07) is 0. The van der Waals surface area contributed by atoms with Crippen LogP contribution in [0, 0.1) is 0 Å². The molecule has 0 saturated heterocycles. The Balaban J connectivity index is 2.40. The third kappa shape index (κ3) is 3.83. The summed E-state index contributed by atoms with van der Waals surface area (Å²) in [5, 5.41) is 15.1. The fourth-order valence-electron chi connectivity index (χ4n) is 1.15. The highest BCUT2D eigenvalue weighted by atomic mass is 16.5. The van der Waals surface area contributed by atoms with Crippen molar-refractivity contribution in [2.75, 3.05) is 13.7 Å². The summed E-state index contributed by atoms with van der Waals surface area (Å²) in [4.78, 5) is 33.1. The second-order valence-electron chi connectivity index (χ2n) is 3.34. The highest BCUT2D eigenvalue weighted by Gasteiger charge is 2.21. The molecular weight excluding hydrogens is 230 g/mol. The Kier molecular flexibility index (Phi) is 4.58. The van der Waals surface area contributed by atoms with Crippen molar-refractivity contribution >= 4 is 23.5 Å². The summed E-state index contributed by atoms with van der Waals surface area (Å²) in [6.45, 7) is -0.265. The molecule has 8 nitrogen and oxygen atoms in total. The van der Waals surface area contributed by atoms with Crippen molar-refractivity contribution < 1.29 is 24.2 Å². The van der Waals surface area contributed by atoms with Gasteiger partial charge in [0, 0.05) is 12.8 Å². The van der Waals surface area contributed by atoms with Gasteiger partial charge >= 0.3 is 5.97 Å². The van der Waals surface area contributed by atoms with Crippen molar-refractivity contribution in [3.05, 3.63) is 0 Å². The van der Waals surface area contributed by atoms with Crippen molar-refractivity contribution in [1.82, 2.24) is 10.7 Å². The van der Waals surface area contributed by atoms with Gasteiger partial charge in [-0.3, -0.25) is 9.59 Å². The van der Waals surface area contributed by atoms with Crippen LogP contribution in [-0.2, 0) is 19.1 Å². The van der Waals surface area contributed by atoms with E-state index in [0.717, 1.165) is 7.11 Å². The summed E-state index contributed by atoms with van der Waals surface area (Å²) in [5.74, 6) is -1.62. The van der Waals surface area contributed by atoms with Crippen LogP contribution in [0.2, 0.25) is 0 Å². The maximum atomic E-state index is 11.5. The fourth-order valence-corrected chi connectivity index (χ4v) is 1.15. The maximum absolute atomic E-state index is 11.5. The van der Waals surface area contributed by atoms with Gasteiger partial charge in [0.2, 0.25) is 5.91 Å². The van der Waals surface area contributed by atoms with Crippen molar-refractivity contribution in [1.29, 1.82) is 0 Å². The van der Waals surface area contributed by atoms with E-state index in [4.69, 9.17) is 0 Å². The highest BCUT2D eigenvalue weighted by molar-refractivity contribution is 6.39. The van der Waals surface area contributed by atoms with Crippen molar-refractivity contribution in [3.8, 4) is 0 Å². The van der Waals surface area contributed by atoms with E-state index in [1.54, 1.807) is 0 Å². The first-order chi connectivity index (χ1) is 8.04. The molecule has 0 aromatic rings. The number of carbonyl (C=O) groups is 3. The van der Waals surface area contributed by atoms with Gasteiger partial charge in [0.1, 0.15) is 5.71 Å². The molecule has 1 unspecified atom stereocenters. The van der Waals surface area contributed by atoms with E-state index in [1.807, 2.05) is 0 Å². The van der Waals surface area contributed by atoms with Gasteiger partial charge < -0.3 is 15.2 Å². The molecule has 2 amide bonds. The molecule has 0 fully saturated rings. The number of nitrogens with zero attached hydrogens (tertiary/aromatic N) is 1. The van der Waals surface area contributed by atoms with E-state index in [2.05, 4.69) is 20.6 Å². The number of aliphatic hydroxyl groups is 1. The topological polar surface area (TPSA) is 117 Å². The maximum Gasteiger partial charge on any atom is 0.336 e. The molecule has 0 spiro atoms. The van der Waals surface area contributed by atoms with Gasteiger partial charge in [-0.05, 0) is 0 Å². The van der Waals surface area contributed by atoms with Crippen LogP contribution in [0.3, 0.4) is 0 Å². The van der Waals surface area contributed by atoms with Crippen LogP contribution in [0.25, 0.3) is 0 Å². The number of amides is 2. The van der Waals surface area contributed by atoms with Crippen LogP contribution >= 0.6 is 0 Å². The normalized spacial score (nSPS) is 16.6. The number of esters is 1. The molecule has 0 radical (unpaired) electrons. The smallest absolute Gasteiger partial charge is 0.336 e. The second kappa shape index (κ2) is 5.94. The van der Waals surface area contributed by atoms with Crippen LogP contribution < -0.4 is 10.7 Å². The standard InChI is InChI=1S/C9H13N3O5/c1-17-9(16)6(13)4-10-8(15)5-2-3-7(14)12-11-5/h6,13H,2-4H2,1H3,(H,10,15)(H,12,14). The average molecular weight is 243 g/mol. The number of methoxy groups -OCH3 is 1. The Labute approximate surface area is 97.0 Å².